The Bertz CT molecular complexity index is 419. The highest BCUT2D eigenvalue weighted by molar-refractivity contribution is 5.94. The third kappa shape index (κ3) is 2.92. The van der Waals surface area contributed by atoms with Gasteiger partial charge in [-0.2, -0.15) is 0 Å². The van der Waals surface area contributed by atoms with Gasteiger partial charge in [-0.05, 0) is 50.7 Å². The number of rotatable bonds is 2. The van der Waals surface area contributed by atoms with Crippen LogP contribution in [0.3, 0.4) is 0 Å². The van der Waals surface area contributed by atoms with Gasteiger partial charge >= 0.3 is 0 Å². The van der Waals surface area contributed by atoms with Gasteiger partial charge in [0.05, 0.1) is 0 Å². The minimum Gasteiger partial charge on any atom is -0.339 e. The van der Waals surface area contributed by atoms with Gasteiger partial charge in [-0.15, -0.1) is 0 Å². The number of amides is 1. The van der Waals surface area contributed by atoms with Crippen molar-refractivity contribution in [1.29, 1.82) is 0 Å². The quantitative estimate of drug-likeness (QED) is 0.779. The lowest BCUT2D eigenvalue weighted by molar-refractivity contribution is 0.0679. The van der Waals surface area contributed by atoms with Gasteiger partial charge in [-0.25, -0.2) is 0 Å². The zero-order valence-electron chi connectivity index (χ0n) is 11.6. The van der Waals surface area contributed by atoms with E-state index in [-0.39, 0.29) is 5.91 Å². The predicted molar refractivity (Wildman–Crippen MR) is 74.7 cm³/mol. The Balaban J connectivity index is 2.04. The molecule has 2 rings (SSSR count). The first kappa shape index (κ1) is 13.1. The molecule has 0 radical (unpaired) electrons. The van der Waals surface area contributed by atoms with Crippen molar-refractivity contribution in [2.45, 2.75) is 45.6 Å². The smallest absolute Gasteiger partial charge is 0.253 e. The molecule has 0 N–H and O–H groups in total. The number of benzene rings is 1. The maximum atomic E-state index is 12.4. The van der Waals surface area contributed by atoms with E-state index in [9.17, 15) is 4.79 Å². The van der Waals surface area contributed by atoms with Crippen molar-refractivity contribution < 1.29 is 4.79 Å². The molecule has 1 aliphatic rings. The van der Waals surface area contributed by atoms with Gasteiger partial charge in [-0.1, -0.05) is 24.6 Å². The minimum absolute atomic E-state index is 0.165. The molecular formula is C16H23NO. The topological polar surface area (TPSA) is 20.3 Å². The van der Waals surface area contributed by atoms with Crippen molar-refractivity contribution in [3.05, 3.63) is 35.4 Å². The zero-order chi connectivity index (χ0) is 13.1. The normalized spacial score (nSPS) is 23.7. The van der Waals surface area contributed by atoms with E-state index < -0.39 is 0 Å². The zero-order valence-corrected chi connectivity index (χ0v) is 11.6. The van der Waals surface area contributed by atoms with Crippen molar-refractivity contribution in [1.82, 2.24) is 4.90 Å². The highest BCUT2D eigenvalue weighted by atomic mass is 16.2. The molecule has 0 aromatic heterocycles. The molecule has 0 saturated heterocycles. The molecule has 2 heteroatoms. The molecule has 1 aliphatic carbocycles. The van der Waals surface area contributed by atoms with Gasteiger partial charge in [0, 0.05) is 18.7 Å². The predicted octanol–water partition coefficient (Wildman–Crippen LogP) is 3.65. The summed E-state index contributed by atoms with van der Waals surface area (Å²) in [5, 5.41) is 0. The average Bonchev–Trinajstić information content (AvgIpc) is 2.38. The monoisotopic (exact) mass is 245 g/mol. The van der Waals surface area contributed by atoms with Crippen molar-refractivity contribution in [2.75, 3.05) is 7.05 Å². The summed E-state index contributed by atoms with van der Waals surface area (Å²) >= 11 is 0. The van der Waals surface area contributed by atoms with Gasteiger partial charge < -0.3 is 4.90 Å². The minimum atomic E-state index is 0.165. The third-order valence-corrected chi connectivity index (χ3v) is 4.12. The second-order valence-corrected chi connectivity index (χ2v) is 5.70. The fraction of sp³-hybridized carbons (Fsp3) is 0.562. The van der Waals surface area contributed by atoms with Crippen molar-refractivity contribution in [3.8, 4) is 0 Å². The summed E-state index contributed by atoms with van der Waals surface area (Å²) < 4.78 is 0. The van der Waals surface area contributed by atoms with E-state index in [0.29, 0.717) is 6.04 Å². The van der Waals surface area contributed by atoms with Crippen LogP contribution in [0, 0.1) is 12.8 Å². The average molecular weight is 245 g/mol. The molecule has 1 saturated carbocycles. The maximum Gasteiger partial charge on any atom is 0.253 e. The van der Waals surface area contributed by atoms with Gasteiger partial charge in [0.15, 0.2) is 0 Å². The van der Waals surface area contributed by atoms with Crippen LogP contribution in [-0.2, 0) is 0 Å². The summed E-state index contributed by atoms with van der Waals surface area (Å²) in [7, 11) is 1.95. The number of aryl methyl sites for hydroxylation is 1. The van der Waals surface area contributed by atoms with Crippen LogP contribution in [0.25, 0.3) is 0 Å². The van der Waals surface area contributed by atoms with Crippen molar-refractivity contribution >= 4 is 5.91 Å². The Labute approximate surface area is 110 Å². The number of carbonyl (C=O) groups excluding carboxylic acids is 1. The van der Waals surface area contributed by atoms with Crippen LogP contribution in [0.15, 0.2) is 24.3 Å². The van der Waals surface area contributed by atoms with E-state index in [1.165, 1.54) is 12.8 Å². The van der Waals surface area contributed by atoms with E-state index in [1.54, 1.807) is 0 Å². The molecule has 0 aliphatic heterocycles. The lowest BCUT2D eigenvalue weighted by Crippen LogP contribution is -2.39. The van der Waals surface area contributed by atoms with Crippen LogP contribution in [0.4, 0.5) is 0 Å². The van der Waals surface area contributed by atoms with E-state index in [2.05, 4.69) is 6.92 Å². The van der Waals surface area contributed by atoms with Gasteiger partial charge in [-0.3, -0.25) is 4.79 Å². The maximum absolute atomic E-state index is 12.4. The number of nitrogens with zero attached hydrogens (tertiary/aromatic N) is 1. The summed E-state index contributed by atoms with van der Waals surface area (Å²) in [5.74, 6) is 0.988. The highest BCUT2D eigenvalue weighted by Gasteiger charge is 2.25. The number of hydrogen-bond donors (Lipinski definition) is 0. The second kappa shape index (κ2) is 5.55. The fourth-order valence-corrected chi connectivity index (χ4v) is 2.78. The van der Waals surface area contributed by atoms with E-state index in [1.807, 2.05) is 43.1 Å². The van der Waals surface area contributed by atoms with Crippen LogP contribution in [0.2, 0.25) is 0 Å². The van der Waals surface area contributed by atoms with Crippen molar-refractivity contribution in [2.24, 2.45) is 5.92 Å². The van der Waals surface area contributed by atoms with E-state index in [4.69, 9.17) is 0 Å². The summed E-state index contributed by atoms with van der Waals surface area (Å²) in [6.07, 6.45) is 4.79. The molecule has 18 heavy (non-hydrogen) atoms. The molecule has 0 atom stereocenters. The van der Waals surface area contributed by atoms with Gasteiger partial charge in [0.2, 0.25) is 0 Å². The Hall–Kier alpha value is -1.31. The molecule has 0 spiro atoms. The highest BCUT2D eigenvalue weighted by Crippen LogP contribution is 2.27. The molecule has 1 fully saturated rings. The van der Waals surface area contributed by atoms with Crippen LogP contribution in [0.1, 0.15) is 48.5 Å². The largest absolute Gasteiger partial charge is 0.339 e. The van der Waals surface area contributed by atoms with Gasteiger partial charge in [0.1, 0.15) is 0 Å². The molecule has 98 valence electrons. The summed E-state index contributed by atoms with van der Waals surface area (Å²) in [6, 6.07) is 8.30. The van der Waals surface area contributed by atoms with Crippen LogP contribution < -0.4 is 0 Å². The van der Waals surface area contributed by atoms with Crippen molar-refractivity contribution in [3.63, 3.8) is 0 Å². The standard InChI is InChI=1S/C16H23NO/c1-12-7-9-15(10-8-12)17(3)16(18)14-6-4-5-13(2)11-14/h4-6,11-12,15H,7-10H2,1-3H3. The Kier molecular flexibility index (Phi) is 4.05. The summed E-state index contributed by atoms with van der Waals surface area (Å²) in [5.41, 5.74) is 1.96. The molecule has 0 heterocycles. The first-order valence-electron chi connectivity index (χ1n) is 6.91. The molecule has 0 unspecified atom stereocenters. The Morgan fingerprint density at radius 1 is 1.22 bits per heavy atom. The lowest BCUT2D eigenvalue weighted by Gasteiger charge is -2.33. The first-order chi connectivity index (χ1) is 8.58. The van der Waals surface area contributed by atoms with Gasteiger partial charge in [0.25, 0.3) is 5.91 Å². The summed E-state index contributed by atoms with van der Waals surface area (Å²) in [6.45, 7) is 4.33. The molecular weight excluding hydrogens is 222 g/mol. The molecule has 0 bridgehead atoms. The SMILES string of the molecule is Cc1cccc(C(=O)N(C)C2CCC(C)CC2)c1. The first-order valence-corrected chi connectivity index (χ1v) is 6.91. The number of hydrogen-bond acceptors (Lipinski definition) is 1. The second-order valence-electron chi connectivity index (χ2n) is 5.70. The van der Waals surface area contributed by atoms with Crippen LogP contribution in [-0.4, -0.2) is 23.9 Å². The molecule has 2 nitrogen and oxygen atoms in total. The third-order valence-electron chi connectivity index (χ3n) is 4.12. The number of carbonyl (C=O) groups is 1. The molecule has 1 amide bonds. The fourth-order valence-electron chi connectivity index (χ4n) is 2.78. The summed E-state index contributed by atoms with van der Waals surface area (Å²) in [4.78, 5) is 14.3. The van der Waals surface area contributed by atoms with Crippen LogP contribution in [0.5, 0.6) is 0 Å². The molecule has 1 aromatic carbocycles. The molecule has 1 aromatic rings. The lowest BCUT2D eigenvalue weighted by atomic mass is 9.86. The Morgan fingerprint density at radius 3 is 2.50 bits per heavy atom. The van der Waals surface area contributed by atoms with Crippen LogP contribution >= 0.6 is 0 Å². The van der Waals surface area contributed by atoms with E-state index in [0.717, 1.165) is 29.9 Å². The van der Waals surface area contributed by atoms with E-state index >= 15 is 0 Å². The Morgan fingerprint density at radius 2 is 1.89 bits per heavy atom.